The number of nitrogens with zero attached hydrogens (tertiary/aromatic N) is 2. The molecular formula is C17H33N3O. The molecule has 2 atom stereocenters. The predicted molar refractivity (Wildman–Crippen MR) is 87.4 cm³/mol. The first-order valence-electron chi connectivity index (χ1n) is 8.96. The van der Waals surface area contributed by atoms with Gasteiger partial charge in [0.05, 0.1) is 6.04 Å². The van der Waals surface area contributed by atoms with E-state index in [0.29, 0.717) is 11.8 Å². The topological polar surface area (TPSA) is 35.6 Å². The summed E-state index contributed by atoms with van der Waals surface area (Å²) < 4.78 is 0. The smallest absolute Gasteiger partial charge is 0.239 e. The highest BCUT2D eigenvalue weighted by Crippen LogP contribution is 2.17. The van der Waals surface area contributed by atoms with Crippen molar-refractivity contribution >= 4 is 5.91 Å². The molecule has 21 heavy (non-hydrogen) atoms. The molecule has 2 unspecified atom stereocenters. The van der Waals surface area contributed by atoms with Crippen molar-refractivity contribution in [3.63, 3.8) is 0 Å². The Morgan fingerprint density at radius 1 is 1.29 bits per heavy atom. The largest absolute Gasteiger partial charge is 0.341 e. The summed E-state index contributed by atoms with van der Waals surface area (Å²) in [5.74, 6) is 1.06. The molecule has 0 aromatic carbocycles. The number of carbonyl (C=O) groups excluding carboxylic acids is 1. The monoisotopic (exact) mass is 295 g/mol. The molecule has 2 aliphatic heterocycles. The lowest BCUT2D eigenvalue weighted by molar-refractivity contribution is -0.137. The lowest BCUT2D eigenvalue weighted by Gasteiger charge is -2.37. The minimum Gasteiger partial charge on any atom is -0.341 e. The van der Waals surface area contributed by atoms with Gasteiger partial charge in [0.1, 0.15) is 0 Å². The standard InChI is InChI=1S/C17H33N3O/c1-3-10-20(14-16-8-7-9-18-13-16)15(2)17(21)19-11-5-4-6-12-19/h15-16,18H,3-14H2,1-2H3. The number of piperidine rings is 2. The van der Waals surface area contributed by atoms with Crippen LogP contribution in [-0.2, 0) is 4.79 Å². The summed E-state index contributed by atoms with van der Waals surface area (Å²) in [4.78, 5) is 17.2. The van der Waals surface area contributed by atoms with Crippen LogP contribution in [0.25, 0.3) is 0 Å². The van der Waals surface area contributed by atoms with Crippen molar-refractivity contribution in [1.82, 2.24) is 15.1 Å². The molecule has 0 aromatic rings. The van der Waals surface area contributed by atoms with E-state index < -0.39 is 0 Å². The van der Waals surface area contributed by atoms with Crippen LogP contribution < -0.4 is 5.32 Å². The van der Waals surface area contributed by atoms with Crippen molar-refractivity contribution in [3.05, 3.63) is 0 Å². The summed E-state index contributed by atoms with van der Waals surface area (Å²) >= 11 is 0. The molecule has 0 aliphatic carbocycles. The Morgan fingerprint density at radius 2 is 2.05 bits per heavy atom. The molecule has 1 amide bonds. The Hall–Kier alpha value is -0.610. The molecule has 122 valence electrons. The molecule has 4 heteroatoms. The number of hydrogen-bond acceptors (Lipinski definition) is 3. The lowest BCUT2D eigenvalue weighted by Crippen LogP contribution is -2.51. The maximum absolute atomic E-state index is 12.7. The molecular weight excluding hydrogens is 262 g/mol. The Bertz CT molecular complexity index is 309. The first kappa shape index (κ1) is 16.8. The first-order valence-corrected chi connectivity index (χ1v) is 8.96. The fraction of sp³-hybridized carbons (Fsp3) is 0.941. The molecule has 2 rings (SSSR count). The Morgan fingerprint density at radius 3 is 2.67 bits per heavy atom. The average Bonchev–Trinajstić information content (AvgIpc) is 2.55. The Balaban J connectivity index is 1.89. The van der Waals surface area contributed by atoms with Gasteiger partial charge in [-0.05, 0) is 71.0 Å². The second kappa shape index (κ2) is 8.74. The summed E-state index contributed by atoms with van der Waals surface area (Å²) in [5, 5.41) is 3.49. The number of amides is 1. The molecule has 2 aliphatic rings. The van der Waals surface area contributed by atoms with E-state index in [1.165, 1.54) is 32.1 Å². The van der Waals surface area contributed by atoms with E-state index in [9.17, 15) is 4.79 Å². The van der Waals surface area contributed by atoms with Gasteiger partial charge in [0, 0.05) is 19.6 Å². The molecule has 0 bridgehead atoms. The quantitative estimate of drug-likeness (QED) is 0.815. The highest BCUT2D eigenvalue weighted by Gasteiger charge is 2.28. The van der Waals surface area contributed by atoms with Crippen molar-refractivity contribution in [1.29, 1.82) is 0 Å². The average molecular weight is 295 g/mol. The van der Waals surface area contributed by atoms with Crippen molar-refractivity contribution < 1.29 is 4.79 Å². The van der Waals surface area contributed by atoms with Crippen LogP contribution in [-0.4, -0.2) is 61.0 Å². The van der Waals surface area contributed by atoms with Gasteiger partial charge in [-0.1, -0.05) is 6.92 Å². The van der Waals surface area contributed by atoms with Gasteiger partial charge in [-0.25, -0.2) is 0 Å². The summed E-state index contributed by atoms with van der Waals surface area (Å²) in [6.07, 6.45) is 7.34. The summed E-state index contributed by atoms with van der Waals surface area (Å²) in [6, 6.07) is 0.0463. The fourth-order valence-corrected chi connectivity index (χ4v) is 3.68. The molecule has 2 heterocycles. The van der Waals surface area contributed by atoms with Crippen LogP contribution in [0.4, 0.5) is 0 Å². The van der Waals surface area contributed by atoms with Gasteiger partial charge in [-0.3, -0.25) is 9.69 Å². The molecule has 2 fully saturated rings. The third-order valence-electron chi connectivity index (χ3n) is 4.98. The summed E-state index contributed by atoms with van der Waals surface area (Å²) in [7, 11) is 0. The van der Waals surface area contributed by atoms with Gasteiger partial charge in [0.2, 0.25) is 5.91 Å². The van der Waals surface area contributed by atoms with E-state index >= 15 is 0 Å². The SMILES string of the molecule is CCCN(CC1CCCNC1)C(C)C(=O)N1CCCCC1. The third-order valence-corrected chi connectivity index (χ3v) is 4.98. The molecule has 0 radical (unpaired) electrons. The van der Waals surface area contributed by atoms with Gasteiger partial charge >= 0.3 is 0 Å². The Kier molecular flexibility index (Phi) is 6.97. The van der Waals surface area contributed by atoms with Crippen LogP contribution in [0.5, 0.6) is 0 Å². The van der Waals surface area contributed by atoms with Crippen molar-refractivity contribution in [2.75, 3.05) is 39.3 Å². The van der Waals surface area contributed by atoms with Gasteiger partial charge in [-0.15, -0.1) is 0 Å². The van der Waals surface area contributed by atoms with E-state index in [2.05, 4.69) is 29.0 Å². The van der Waals surface area contributed by atoms with Crippen LogP contribution in [0.2, 0.25) is 0 Å². The van der Waals surface area contributed by atoms with Gasteiger partial charge in [-0.2, -0.15) is 0 Å². The van der Waals surface area contributed by atoms with Crippen LogP contribution in [0.3, 0.4) is 0 Å². The minimum atomic E-state index is 0.0463. The third kappa shape index (κ3) is 4.96. The van der Waals surface area contributed by atoms with Crippen molar-refractivity contribution in [3.8, 4) is 0 Å². The minimum absolute atomic E-state index is 0.0463. The van der Waals surface area contributed by atoms with Crippen LogP contribution in [0.15, 0.2) is 0 Å². The van der Waals surface area contributed by atoms with E-state index in [-0.39, 0.29) is 6.04 Å². The second-order valence-corrected chi connectivity index (χ2v) is 6.77. The predicted octanol–water partition coefficient (Wildman–Crippen LogP) is 2.10. The lowest BCUT2D eigenvalue weighted by atomic mass is 9.98. The van der Waals surface area contributed by atoms with Crippen LogP contribution in [0, 0.1) is 5.92 Å². The second-order valence-electron chi connectivity index (χ2n) is 6.77. The summed E-state index contributed by atoms with van der Waals surface area (Å²) in [5.41, 5.74) is 0. The zero-order chi connectivity index (χ0) is 15.1. The highest BCUT2D eigenvalue weighted by atomic mass is 16.2. The number of likely N-dealkylation sites (tertiary alicyclic amines) is 1. The first-order chi connectivity index (χ1) is 10.2. The number of carbonyl (C=O) groups is 1. The Labute approximate surface area is 130 Å². The zero-order valence-electron chi connectivity index (χ0n) is 13.9. The normalized spacial score (nSPS) is 25.1. The maximum atomic E-state index is 12.7. The van der Waals surface area contributed by atoms with Crippen LogP contribution >= 0.6 is 0 Å². The fourth-order valence-electron chi connectivity index (χ4n) is 3.68. The molecule has 4 nitrogen and oxygen atoms in total. The molecule has 2 saturated heterocycles. The van der Waals surface area contributed by atoms with Gasteiger partial charge in [0.15, 0.2) is 0 Å². The van der Waals surface area contributed by atoms with E-state index in [1.807, 2.05) is 0 Å². The molecule has 1 N–H and O–H groups in total. The van der Waals surface area contributed by atoms with E-state index in [1.54, 1.807) is 0 Å². The molecule has 0 aromatic heterocycles. The molecule has 0 saturated carbocycles. The van der Waals surface area contributed by atoms with Gasteiger partial charge < -0.3 is 10.2 Å². The van der Waals surface area contributed by atoms with E-state index in [4.69, 9.17) is 0 Å². The van der Waals surface area contributed by atoms with Crippen molar-refractivity contribution in [2.24, 2.45) is 5.92 Å². The molecule has 0 spiro atoms. The zero-order valence-corrected chi connectivity index (χ0v) is 13.9. The van der Waals surface area contributed by atoms with E-state index in [0.717, 1.165) is 45.7 Å². The highest BCUT2D eigenvalue weighted by molar-refractivity contribution is 5.81. The number of rotatable bonds is 6. The number of hydrogen-bond donors (Lipinski definition) is 1. The van der Waals surface area contributed by atoms with Crippen LogP contribution in [0.1, 0.15) is 52.4 Å². The van der Waals surface area contributed by atoms with Gasteiger partial charge in [0.25, 0.3) is 0 Å². The number of nitrogens with one attached hydrogen (secondary N) is 1. The van der Waals surface area contributed by atoms with Crippen molar-refractivity contribution in [2.45, 2.75) is 58.4 Å². The maximum Gasteiger partial charge on any atom is 0.239 e. The summed E-state index contributed by atoms with van der Waals surface area (Å²) in [6.45, 7) is 10.6.